The van der Waals surface area contributed by atoms with Crippen LogP contribution in [0.5, 0.6) is 0 Å². The molecule has 1 N–H and O–H groups in total. The number of rotatable bonds is 1. The molecule has 0 atom stereocenters. The molecule has 0 unspecified atom stereocenters. The lowest BCUT2D eigenvalue weighted by Crippen LogP contribution is -2.28. The molecule has 0 aliphatic carbocycles. The molecule has 1 heterocycles. The number of halogens is 1. The second kappa shape index (κ2) is 4.47. The van der Waals surface area contributed by atoms with Gasteiger partial charge in [-0.15, -0.1) is 0 Å². The standard InChI is InChI=1S/C11H15IN2O/c1-7-5-8(12)9(13-6-7)14-10(15)11(2,3)4/h5-6H,1-4H3,(H,13,14,15). The van der Waals surface area contributed by atoms with E-state index in [1.165, 1.54) is 0 Å². The number of carbonyl (C=O) groups excluding carboxylic acids is 1. The fourth-order valence-corrected chi connectivity index (χ4v) is 1.69. The van der Waals surface area contributed by atoms with E-state index in [1.807, 2.05) is 33.8 Å². The van der Waals surface area contributed by atoms with Crippen molar-refractivity contribution < 1.29 is 4.79 Å². The molecule has 0 aromatic carbocycles. The van der Waals surface area contributed by atoms with Gasteiger partial charge in [-0.3, -0.25) is 4.79 Å². The van der Waals surface area contributed by atoms with Gasteiger partial charge in [-0.05, 0) is 41.1 Å². The summed E-state index contributed by atoms with van der Waals surface area (Å²) in [6.07, 6.45) is 1.75. The minimum Gasteiger partial charge on any atom is -0.309 e. The molecular formula is C11H15IN2O. The van der Waals surface area contributed by atoms with Crippen LogP contribution >= 0.6 is 22.6 Å². The third kappa shape index (κ3) is 3.44. The summed E-state index contributed by atoms with van der Waals surface area (Å²) in [7, 11) is 0. The number of pyridine rings is 1. The van der Waals surface area contributed by atoms with E-state index in [4.69, 9.17) is 0 Å². The zero-order chi connectivity index (χ0) is 11.6. The highest BCUT2D eigenvalue weighted by molar-refractivity contribution is 14.1. The summed E-state index contributed by atoms with van der Waals surface area (Å²) in [4.78, 5) is 15.9. The molecule has 0 radical (unpaired) electrons. The monoisotopic (exact) mass is 318 g/mol. The molecule has 0 saturated carbocycles. The molecule has 1 aromatic heterocycles. The Kier molecular flexibility index (Phi) is 3.70. The molecule has 3 nitrogen and oxygen atoms in total. The van der Waals surface area contributed by atoms with Gasteiger partial charge in [-0.2, -0.15) is 0 Å². The summed E-state index contributed by atoms with van der Waals surface area (Å²) in [6.45, 7) is 7.61. The molecule has 1 aromatic rings. The van der Waals surface area contributed by atoms with Gasteiger partial charge in [0.2, 0.25) is 5.91 Å². The molecule has 82 valence electrons. The van der Waals surface area contributed by atoms with Gasteiger partial charge in [0, 0.05) is 11.6 Å². The van der Waals surface area contributed by atoms with Crippen LogP contribution in [-0.2, 0) is 4.79 Å². The smallest absolute Gasteiger partial charge is 0.230 e. The average molecular weight is 318 g/mol. The second-order valence-corrected chi connectivity index (χ2v) is 5.71. The van der Waals surface area contributed by atoms with Crippen LogP contribution < -0.4 is 5.32 Å². The van der Waals surface area contributed by atoms with Crippen LogP contribution in [0.4, 0.5) is 5.82 Å². The van der Waals surface area contributed by atoms with Crippen LogP contribution in [0.2, 0.25) is 0 Å². The van der Waals surface area contributed by atoms with Crippen molar-refractivity contribution in [3.8, 4) is 0 Å². The van der Waals surface area contributed by atoms with Crippen molar-refractivity contribution in [2.24, 2.45) is 5.41 Å². The first-order valence-electron chi connectivity index (χ1n) is 4.74. The van der Waals surface area contributed by atoms with Crippen LogP contribution in [-0.4, -0.2) is 10.9 Å². The predicted octanol–water partition coefficient (Wildman–Crippen LogP) is 2.98. The molecule has 0 spiro atoms. The second-order valence-electron chi connectivity index (χ2n) is 4.55. The Morgan fingerprint density at radius 3 is 2.53 bits per heavy atom. The Morgan fingerprint density at radius 1 is 1.47 bits per heavy atom. The van der Waals surface area contributed by atoms with Gasteiger partial charge in [0.15, 0.2) is 0 Å². The Hall–Kier alpha value is -0.650. The van der Waals surface area contributed by atoms with Crippen molar-refractivity contribution in [1.82, 2.24) is 4.98 Å². The van der Waals surface area contributed by atoms with E-state index < -0.39 is 5.41 Å². The SMILES string of the molecule is Cc1cnc(NC(=O)C(C)(C)C)c(I)c1. The third-order valence-electron chi connectivity index (χ3n) is 1.89. The van der Waals surface area contributed by atoms with Crippen molar-refractivity contribution >= 4 is 34.3 Å². The van der Waals surface area contributed by atoms with Gasteiger partial charge in [0.1, 0.15) is 5.82 Å². The summed E-state index contributed by atoms with van der Waals surface area (Å²) in [5.41, 5.74) is 0.698. The lowest BCUT2D eigenvalue weighted by atomic mass is 9.96. The van der Waals surface area contributed by atoms with Gasteiger partial charge in [0.25, 0.3) is 0 Å². The number of amides is 1. The van der Waals surface area contributed by atoms with Gasteiger partial charge in [-0.25, -0.2) is 4.98 Å². The molecule has 1 amide bonds. The Morgan fingerprint density at radius 2 is 2.07 bits per heavy atom. The zero-order valence-corrected chi connectivity index (χ0v) is 11.5. The molecule has 0 aliphatic rings. The number of nitrogens with zero attached hydrogens (tertiary/aromatic N) is 1. The number of carbonyl (C=O) groups is 1. The van der Waals surface area contributed by atoms with Crippen LogP contribution in [0, 0.1) is 15.9 Å². The quantitative estimate of drug-likeness (QED) is 0.809. The highest BCUT2D eigenvalue weighted by Gasteiger charge is 2.22. The van der Waals surface area contributed by atoms with Crippen LogP contribution in [0.1, 0.15) is 26.3 Å². The molecule has 1 rings (SSSR count). The van der Waals surface area contributed by atoms with E-state index in [2.05, 4.69) is 32.9 Å². The Balaban J connectivity index is 2.87. The molecule has 4 heteroatoms. The summed E-state index contributed by atoms with van der Waals surface area (Å²) in [6, 6.07) is 1.99. The van der Waals surface area contributed by atoms with Gasteiger partial charge < -0.3 is 5.32 Å². The number of anilines is 1. The van der Waals surface area contributed by atoms with Crippen molar-refractivity contribution in [1.29, 1.82) is 0 Å². The Labute approximate surface area is 104 Å². The molecule has 15 heavy (non-hydrogen) atoms. The maximum atomic E-state index is 11.7. The number of hydrogen-bond acceptors (Lipinski definition) is 2. The predicted molar refractivity (Wildman–Crippen MR) is 69.8 cm³/mol. The van der Waals surface area contributed by atoms with Gasteiger partial charge in [-0.1, -0.05) is 20.8 Å². The van der Waals surface area contributed by atoms with Crippen molar-refractivity contribution in [2.75, 3.05) is 5.32 Å². The van der Waals surface area contributed by atoms with E-state index in [0.29, 0.717) is 5.82 Å². The number of hydrogen-bond donors (Lipinski definition) is 1. The lowest BCUT2D eigenvalue weighted by molar-refractivity contribution is -0.123. The largest absolute Gasteiger partial charge is 0.309 e. The first kappa shape index (κ1) is 12.4. The first-order chi connectivity index (χ1) is 6.80. The zero-order valence-electron chi connectivity index (χ0n) is 9.39. The van der Waals surface area contributed by atoms with E-state index in [-0.39, 0.29) is 5.91 Å². The Bertz CT molecular complexity index is 383. The maximum Gasteiger partial charge on any atom is 0.230 e. The van der Waals surface area contributed by atoms with Crippen LogP contribution in [0.15, 0.2) is 12.3 Å². The van der Waals surface area contributed by atoms with Gasteiger partial charge in [0.05, 0.1) is 3.57 Å². The highest BCUT2D eigenvalue weighted by atomic mass is 127. The van der Waals surface area contributed by atoms with E-state index in [0.717, 1.165) is 9.13 Å². The fraction of sp³-hybridized carbons (Fsp3) is 0.455. The number of aryl methyl sites for hydroxylation is 1. The topological polar surface area (TPSA) is 42.0 Å². The molecule has 0 saturated heterocycles. The highest BCUT2D eigenvalue weighted by Crippen LogP contribution is 2.20. The molecule has 0 aliphatic heterocycles. The minimum absolute atomic E-state index is 0.0169. The summed E-state index contributed by atoms with van der Waals surface area (Å²) < 4.78 is 0.963. The van der Waals surface area contributed by atoms with E-state index in [9.17, 15) is 4.79 Å². The first-order valence-corrected chi connectivity index (χ1v) is 5.82. The van der Waals surface area contributed by atoms with Crippen molar-refractivity contribution in [3.05, 3.63) is 21.4 Å². The summed E-state index contributed by atoms with van der Waals surface area (Å²) >= 11 is 2.17. The molecular weight excluding hydrogens is 303 g/mol. The van der Waals surface area contributed by atoms with E-state index in [1.54, 1.807) is 6.20 Å². The van der Waals surface area contributed by atoms with E-state index >= 15 is 0 Å². The van der Waals surface area contributed by atoms with Crippen LogP contribution in [0.3, 0.4) is 0 Å². The summed E-state index contributed by atoms with van der Waals surface area (Å²) in [5, 5.41) is 2.82. The maximum absolute atomic E-state index is 11.7. The molecule has 0 bridgehead atoms. The lowest BCUT2D eigenvalue weighted by Gasteiger charge is -2.17. The number of aromatic nitrogens is 1. The van der Waals surface area contributed by atoms with Gasteiger partial charge >= 0.3 is 0 Å². The van der Waals surface area contributed by atoms with Crippen molar-refractivity contribution in [3.63, 3.8) is 0 Å². The minimum atomic E-state index is -0.393. The third-order valence-corrected chi connectivity index (χ3v) is 2.71. The average Bonchev–Trinajstić information content (AvgIpc) is 2.08. The number of nitrogens with one attached hydrogen (secondary N) is 1. The van der Waals surface area contributed by atoms with Crippen molar-refractivity contribution in [2.45, 2.75) is 27.7 Å². The normalized spacial score (nSPS) is 11.3. The summed E-state index contributed by atoms with van der Waals surface area (Å²) in [5.74, 6) is 0.623. The molecule has 0 fully saturated rings. The van der Waals surface area contributed by atoms with Crippen LogP contribution in [0.25, 0.3) is 0 Å². The fourth-order valence-electron chi connectivity index (χ4n) is 0.921.